The Bertz CT molecular complexity index is 1230. The van der Waals surface area contributed by atoms with Crippen LogP contribution in [-0.4, -0.2) is 57.1 Å². The van der Waals surface area contributed by atoms with Crippen LogP contribution in [0.4, 0.5) is 5.69 Å². The molecule has 0 radical (unpaired) electrons. The van der Waals surface area contributed by atoms with Gasteiger partial charge in [0.1, 0.15) is 11.8 Å². The third kappa shape index (κ3) is 8.75. The molecule has 0 heterocycles. The van der Waals surface area contributed by atoms with E-state index in [1.165, 1.54) is 12.1 Å². The second-order valence-corrected chi connectivity index (χ2v) is 12.6. The molecule has 1 aliphatic rings. The number of hydrogen-bond donors (Lipinski definition) is 1. The van der Waals surface area contributed by atoms with Crippen molar-refractivity contribution in [3.05, 3.63) is 58.1 Å². The van der Waals surface area contributed by atoms with Crippen molar-refractivity contribution in [2.75, 3.05) is 24.2 Å². The van der Waals surface area contributed by atoms with Crippen LogP contribution in [0.1, 0.15) is 57.4 Å². The normalized spacial score (nSPS) is 14.6. The quantitative estimate of drug-likeness (QED) is 0.333. The van der Waals surface area contributed by atoms with Gasteiger partial charge in [-0.25, -0.2) is 8.42 Å². The maximum absolute atomic E-state index is 13.6. The number of benzene rings is 2. The van der Waals surface area contributed by atoms with Crippen LogP contribution in [0.3, 0.4) is 0 Å². The molecule has 0 bridgehead atoms. The highest BCUT2D eigenvalue weighted by molar-refractivity contribution is 7.92. The summed E-state index contributed by atoms with van der Waals surface area (Å²) in [5.41, 5.74) is 1.12. The van der Waals surface area contributed by atoms with Crippen LogP contribution in [0.2, 0.25) is 10.0 Å². The molecule has 0 aromatic heterocycles. The summed E-state index contributed by atoms with van der Waals surface area (Å²) in [5.74, 6) is 0.308. The van der Waals surface area contributed by atoms with Gasteiger partial charge in [-0.15, -0.1) is 0 Å². The summed E-state index contributed by atoms with van der Waals surface area (Å²) < 4.78 is 31.5. The second kappa shape index (κ2) is 14.2. The lowest BCUT2D eigenvalue weighted by Crippen LogP contribution is -2.51. The smallest absolute Gasteiger partial charge is 0.243 e. The van der Waals surface area contributed by atoms with Gasteiger partial charge in [-0.2, -0.15) is 0 Å². The summed E-state index contributed by atoms with van der Waals surface area (Å²) in [6, 6.07) is 11.5. The maximum atomic E-state index is 13.6. The third-order valence-corrected chi connectivity index (χ3v) is 8.66. The molecule has 1 N–H and O–H groups in total. The van der Waals surface area contributed by atoms with Crippen molar-refractivity contribution in [1.82, 2.24) is 10.2 Å². The maximum Gasteiger partial charge on any atom is 0.243 e. The van der Waals surface area contributed by atoms with Crippen LogP contribution >= 0.6 is 23.2 Å². The van der Waals surface area contributed by atoms with Crippen molar-refractivity contribution >= 4 is 50.7 Å². The molecule has 0 unspecified atom stereocenters. The lowest BCUT2D eigenvalue weighted by atomic mass is 10.1. The van der Waals surface area contributed by atoms with Crippen LogP contribution in [0.15, 0.2) is 42.5 Å². The summed E-state index contributed by atoms with van der Waals surface area (Å²) in [5, 5.41) is 3.72. The van der Waals surface area contributed by atoms with E-state index in [0.29, 0.717) is 17.2 Å². The molecular weight excluding hydrogens is 561 g/mol. The fourth-order valence-corrected chi connectivity index (χ4v) is 6.28. The number of rotatable bonds is 13. The number of carbonyl (C=O) groups is 2. The minimum Gasteiger partial charge on any atom is -0.497 e. The first-order valence-electron chi connectivity index (χ1n) is 13.2. The zero-order valence-corrected chi connectivity index (χ0v) is 25.0. The zero-order valence-electron chi connectivity index (χ0n) is 22.7. The molecule has 8 nitrogen and oxygen atoms in total. The van der Waals surface area contributed by atoms with Crippen LogP contribution in [0.25, 0.3) is 0 Å². The van der Waals surface area contributed by atoms with E-state index in [1.54, 1.807) is 18.1 Å². The highest BCUT2D eigenvalue weighted by Gasteiger charge is 2.31. The number of ether oxygens (including phenoxy) is 1. The Kier molecular flexibility index (Phi) is 11.3. The number of halogens is 2. The molecule has 2 aromatic carbocycles. The average molecular weight is 599 g/mol. The Hall–Kier alpha value is -2.49. The molecule has 11 heteroatoms. The first-order valence-corrected chi connectivity index (χ1v) is 15.8. The molecule has 3 rings (SSSR count). The SMILES string of the molecule is CC[C@@H](C(=O)NC1CCCC1)N(Cc1ccc(OC)cc1)C(=O)CCCN(c1cc(Cl)ccc1Cl)S(C)(=O)=O. The Morgan fingerprint density at radius 1 is 1.10 bits per heavy atom. The lowest BCUT2D eigenvalue weighted by molar-refractivity contribution is -0.141. The van der Waals surface area contributed by atoms with Gasteiger partial charge in [-0.1, -0.05) is 55.1 Å². The molecule has 0 aliphatic heterocycles. The molecule has 1 atom stereocenters. The summed E-state index contributed by atoms with van der Waals surface area (Å²) >= 11 is 12.4. The van der Waals surface area contributed by atoms with Gasteiger partial charge in [-0.3, -0.25) is 13.9 Å². The van der Waals surface area contributed by atoms with E-state index >= 15 is 0 Å². The van der Waals surface area contributed by atoms with Crippen molar-refractivity contribution in [3.8, 4) is 5.75 Å². The second-order valence-electron chi connectivity index (χ2n) is 9.82. The minimum atomic E-state index is -3.69. The van der Waals surface area contributed by atoms with E-state index in [1.807, 2.05) is 31.2 Å². The topological polar surface area (TPSA) is 96.0 Å². The third-order valence-electron chi connectivity index (χ3n) is 6.93. The molecule has 2 aromatic rings. The number of sulfonamides is 1. The number of hydrogen-bond acceptors (Lipinski definition) is 5. The zero-order chi connectivity index (χ0) is 28.6. The van der Waals surface area contributed by atoms with E-state index < -0.39 is 16.1 Å². The Morgan fingerprint density at radius 3 is 2.36 bits per heavy atom. The molecule has 214 valence electrons. The molecule has 2 amide bonds. The van der Waals surface area contributed by atoms with Gasteiger partial charge >= 0.3 is 0 Å². The van der Waals surface area contributed by atoms with Gasteiger partial charge in [0.05, 0.1) is 24.1 Å². The molecule has 39 heavy (non-hydrogen) atoms. The predicted octanol–water partition coefficient (Wildman–Crippen LogP) is 5.41. The molecular formula is C28H37Cl2N3O5S. The first-order chi connectivity index (χ1) is 18.5. The molecule has 1 aliphatic carbocycles. The Balaban J connectivity index is 1.78. The van der Waals surface area contributed by atoms with Gasteiger partial charge in [0.15, 0.2) is 0 Å². The lowest BCUT2D eigenvalue weighted by Gasteiger charge is -2.32. The van der Waals surface area contributed by atoms with Crippen molar-refractivity contribution in [2.24, 2.45) is 0 Å². The Labute approximate surface area is 241 Å². The molecule has 0 spiro atoms. The van der Waals surface area contributed by atoms with Crippen LogP contribution < -0.4 is 14.4 Å². The van der Waals surface area contributed by atoms with Crippen molar-refractivity contribution in [2.45, 2.75) is 70.5 Å². The standard InChI is InChI=1S/C28H37Cl2N3O5S/c1-4-25(28(35)31-22-8-5-6-9-22)32(19-20-11-14-23(38-2)15-12-20)27(34)10-7-17-33(39(3,36)37)26-18-21(29)13-16-24(26)30/h11-16,18,22,25H,4-10,17,19H2,1-3H3,(H,31,35)/t25-/m0/s1. The molecule has 1 saturated carbocycles. The minimum absolute atomic E-state index is 0.0338. The van der Waals surface area contributed by atoms with E-state index in [4.69, 9.17) is 27.9 Å². The number of anilines is 1. The van der Waals surface area contributed by atoms with Crippen LogP contribution in [0, 0.1) is 0 Å². The van der Waals surface area contributed by atoms with Crippen molar-refractivity contribution in [3.63, 3.8) is 0 Å². The van der Waals surface area contributed by atoms with E-state index in [0.717, 1.165) is 41.8 Å². The summed E-state index contributed by atoms with van der Waals surface area (Å²) in [6.45, 7) is 2.17. The number of nitrogens with zero attached hydrogens (tertiary/aromatic N) is 2. The van der Waals surface area contributed by atoms with Gasteiger partial charge in [0.25, 0.3) is 0 Å². The van der Waals surface area contributed by atoms with E-state index in [2.05, 4.69) is 5.32 Å². The van der Waals surface area contributed by atoms with Crippen molar-refractivity contribution < 1.29 is 22.7 Å². The predicted molar refractivity (Wildman–Crippen MR) is 156 cm³/mol. The fourth-order valence-electron chi connectivity index (χ4n) is 4.87. The number of carbonyl (C=O) groups excluding carboxylic acids is 2. The van der Waals surface area contributed by atoms with Crippen LogP contribution in [0.5, 0.6) is 5.75 Å². The van der Waals surface area contributed by atoms with Gasteiger partial charge in [0.2, 0.25) is 21.8 Å². The largest absolute Gasteiger partial charge is 0.497 e. The summed E-state index contributed by atoms with van der Waals surface area (Å²) in [4.78, 5) is 28.5. The average Bonchev–Trinajstić information content (AvgIpc) is 3.40. The fraction of sp³-hybridized carbons (Fsp3) is 0.500. The van der Waals surface area contributed by atoms with Gasteiger partial charge in [0, 0.05) is 30.6 Å². The van der Waals surface area contributed by atoms with Crippen molar-refractivity contribution in [1.29, 1.82) is 0 Å². The van der Waals surface area contributed by atoms with Gasteiger partial charge in [-0.05, 0) is 61.6 Å². The van der Waals surface area contributed by atoms with E-state index in [-0.39, 0.29) is 54.5 Å². The molecule has 1 fully saturated rings. The number of methoxy groups -OCH3 is 1. The van der Waals surface area contributed by atoms with Gasteiger partial charge < -0.3 is 15.0 Å². The van der Waals surface area contributed by atoms with Crippen LogP contribution in [-0.2, 0) is 26.2 Å². The van der Waals surface area contributed by atoms with E-state index in [9.17, 15) is 18.0 Å². The highest BCUT2D eigenvalue weighted by atomic mass is 35.5. The molecule has 0 saturated heterocycles. The Morgan fingerprint density at radius 2 is 1.77 bits per heavy atom. The first kappa shape index (κ1) is 31.0. The number of amides is 2. The highest BCUT2D eigenvalue weighted by Crippen LogP contribution is 2.31. The summed E-state index contributed by atoms with van der Waals surface area (Å²) in [7, 11) is -2.10. The summed E-state index contributed by atoms with van der Waals surface area (Å²) in [6.07, 6.45) is 5.88. The monoisotopic (exact) mass is 597 g/mol. The number of nitrogens with one attached hydrogen (secondary N) is 1.